The molecule has 3 amide bonds. The maximum atomic E-state index is 11.8. The number of nitrogens with one attached hydrogen (secondary N) is 1. The zero-order valence-corrected chi connectivity index (χ0v) is 15.4. The molecule has 0 atom stereocenters. The highest BCUT2D eigenvalue weighted by Crippen LogP contribution is 2.23. The molecule has 0 bridgehead atoms. The van der Waals surface area contributed by atoms with Gasteiger partial charge in [0.25, 0.3) is 5.91 Å². The Labute approximate surface area is 155 Å². The van der Waals surface area contributed by atoms with Gasteiger partial charge in [-0.3, -0.25) is 10.1 Å². The predicted molar refractivity (Wildman–Crippen MR) is 97.9 cm³/mol. The molecule has 0 fully saturated rings. The van der Waals surface area contributed by atoms with Crippen LogP contribution in [-0.4, -0.2) is 24.9 Å². The third kappa shape index (κ3) is 4.41. The van der Waals surface area contributed by atoms with Crippen molar-refractivity contribution in [3.05, 3.63) is 52.9 Å². The topological polar surface area (TPSA) is 161 Å². The lowest BCUT2D eigenvalue weighted by atomic mass is 10.1. The Bertz CT molecular complexity index is 1090. The fourth-order valence-electron chi connectivity index (χ4n) is 2.60. The molecule has 10 heteroatoms. The van der Waals surface area contributed by atoms with Crippen LogP contribution in [0.5, 0.6) is 0 Å². The first kappa shape index (κ1) is 19.9. The van der Waals surface area contributed by atoms with Crippen molar-refractivity contribution in [3.63, 3.8) is 0 Å². The van der Waals surface area contributed by atoms with E-state index in [4.69, 9.17) is 16.1 Å². The van der Waals surface area contributed by atoms with Gasteiger partial charge in [-0.05, 0) is 55.8 Å². The van der Waals surface area contributed by atoms with Crippen LogP contribution in [0.4, 0.5) is 4.79 Å². The molecule has 0 unspecified atom stereocenters. The van der Waals surface area contributed by atoms with Crippen LogP contribution in [0.2, 0.25) is 0 Å². The molecule has 5 N–H and O–H groups in total. The fraction of sp³-hybridized carbons (Fsp3) is 0.118. The van der Waals surface area contributed by atoms with Crippen molar-refractivity contribution in [1.82, 2.24) is 9.88 Å². The predicted octanol–water partition coefficient (Wildman–Crippen LogP) is 0.843. The molecule has 0 aliphatic carbocycles. The minimum Gasteiger partial charge on any atom is -0.351 e. The maximum absolute atomic E-state index is 11.8. The second kappa shape index (κ2) is 7.45. The van der Waals surface area contributed by atoms with E-state index in [0.29, 0.717) is 16.9 Å². The number of primary amides is 1. The Balaban J connectivity index is 2.48. The summed E-state index contributed by atoms with van der Waals surface area (Å²) in [6.07, 6.45) is 1.34. The Kier molecular flexibility index (Phi) is 5.49. The first-order chi connectivity index (χ1) is 12.5. The first-order valence-corrected chi connectivity index (χ1v) is 9.14. The smallest absolute Gasteiger partial charge is 0.319 e. The Morgan fingerprint density at radius 1 is 1.22 bits per heavy atom. The van der Waals surface area contributed by atoms with Gasteiger partial charge in [-0.25, -0.2) is 18.4 Å². The zero-order valence-electron chi connectivity index (χ0n) is 14.6. The molecule has 2 aromatic rings. The average Bonchev–Trinajstić information content (AvgIpc) is 2.85. The van der Waals surface area contributed by atoms with Crippen LogP contribution in [0, 0.1) is 25.2 Å². The summed E-state index contributed by atoms with van der Waals surface area (Å²) in [5, 5.41) is 16.1. The number of imide groups is 1. The van der Waals surface area contributed by atoms with E-state index in [2.05, 4.69) is 0 Å². The monoisotopic (exact) mass is 387 g/mol. The van der Waals surface area contributed by atoms with E-state index in [0.717, 1.165) is 5.69 Å². The molecule has 1 heterocycles. The van der Waals surface area contributed by atoms with Gasteiger partial charge in [-0.2, -0.15) is 5.26 Å². The molecule has 2 rings (SSSR count). The normalized spacial score (nSPS) is 11.7. The maximum Gasteiger partial charge on any atom is 0.319 e. The van der Waals surface area contributed by atoms with Gasteiger partial charge in [-0.1, -0.05) is 0 Å². The average molecular weight is 387 g/mol. The number of carbonyl (C=O) groups excluding carboxylic acids is 2. The molecule has 0 aliphatic rings. The molecule has 9 nitrogen and oxygen atoms in total. The van der Waals surface area contributed by atoms with E-state index in [-0.39, 0.29) is 10.5 Å². The highest BCUT2D eigenvalue weighted by Gasteiger charge is 2.15. The Morgan fingerprint density at radius 3 is 2.30 bits per heavy atom. The molecule has 0 spiro atoms. The van der Waals surface area contributed by atoms with Gasteiger partial charge in [0, 0.05) is 17.1 Å². The number of benzene rings is 1. The number of sulfonamides is 1. The number of hydrogen-bond donors (Lipinski definition) is 3. The van der Waals surface area contributed by atoms with Gasteiger partial charge in [0.05, 0.1) is 4.90 Å². The minimum absolute atomic E-state index is 0.0104. The molecular weight excluding hydrogens is 370 g/mol. The summed E-state index contributed by atoms with van der Waals surface area (Å²) in [6.45, 7) is 3.58. The highest BCUT2D eigenvalue weighted by atomic mass is 32.2. The van der Waals surface area contributed by atoms with Crippen molar-refractivity contribution in [2.24, 2.45) is 10.9 Å². The first-order valence-electron chi connectivity index (χ1n) is 7.59. The van der Waals surface area contributed by atoms with Crippen molar-refractivity contribution in [2.45, 2.75) is 18.7 Å². The lowest BCUT2D eigenvalue weighted by Crippen LogP contribution is -2.35. The second-order valence-corrected chi connectivity index (χ2v) is 7.25. The molecule has 0 radical (unpaired) electrons. The summed E-state index contributed by atoms with van der Waals surface area (Å²) in [4.78, 5) is 22.6. The van der Waals surface area contributed by atoms with Crippen molar-refractivity contribution >= 4 is 28.0 Å². The van der Waals surface area contributed by atoms with E-state index in [1.165, 1.54) is 18.2 Å². The van der Waals surface area contributed by atoms with Gasteiger partial charge >= 0.3 is 6.03 Å². The van der Waals surface area contributed by atoms with Gasteiger partial charge in [0.15, 0.2) is 0 Å². The molecular formula is C17H17N5O4S. The number of rotatable bonds is 4. The van der Waals surface area contributed by atoms with Crippen LogP contribution in [0.25, 0.3) is 11.8 Å². The number of hydrogen-bond acceptors (Lipinski definition) is 5. The Hall–Kier alpha value is -3.42. The van der Waals surface area contributed by atoms with Crippen LogP contribution < -0.4 is 16.2 Å². The van der Waals surface area contributed by atoms with E-state index >= 15 is 0 Å². The minimum atomic E-state index is -3.79. The standard InChI is InChI=1S/C17H17N5O4S/c1-10-7-12(8-13(9-18)16(23)21-17(19)24)11(2)22(10)14-3-5-15(6-4-14)27(20,25)26/h3-8H,1-2H3,(H2,20,25,26)(H3,19,21,23,24)/b13-8-. The largest absolute Gasteiger partial charge is 0.351 e. The molecule has 1 aromatic heterocycles. The summed E-state index contributed by atoms with van der Waals surface area (Å²) in [6, 6.07) is 8.39. The third-order valence-corrected chi connectivity index (χ3v) is 4.72. The molecule has 0 aliphatic heterocycles. The van der Waals surface area contributed by atoms with E-state index in [9.17, 15) is 18.0 Å². The summed E-state index contributed by atoms with van der Waals surface area (Å²) in [5.74, 6) is -0.896. The number of aryl methyl sites for hydroxylation is 1. The molecule has 0 saturated heterocycles. The van der Waals surface area contributed by atoms with Crippen molar-refractivity contribution in [1.29, 1.82) is 5.26 Å². The number of aromatic nitrogens is 1. The van der Waals surface area contributed by atoms with Gasteiger partial charge in [0.2, 0.25) is 10.0 Å². The van der Waals surface area contributed by atoms with Crippen LogP contribution in [0.15, 0.2) is 40.8 Å². The fourth-order valence-corrected chi connectivity index (χ4v) is 3.11. The number of nitrogens with two attached hydrogens (primary N) is 2. The van der Waals surface area contributed by atoms with Crippen molar-refractivity contribution in [2.75, 3.05) is 0 Å². The van der Waals surface area contributed by atoms with Crippen molar-refractivity contribution in [3.8, 4) is 11.8 Å². The van der Waals surface area contributed by atoms with Crippen LogP contribution in [0.1, 0.15) is 17.0 Å². The number of nitriles is 1. The molecule has 140 valence electrons. The van der Waals surface area contributed by atoms with Crippen molar-refractivity contribution < 1.29 is 18.0 Å². The number of carbonyl (C=O) groups is 2. The van der Waals surface area contributed by atoms with E-state index in [1.807, 2.05) is 16.8 Å². The second-order valence-electron chi connectivity index (χ2n) is 5.69. The quantitative estimate of drug-likeness (QED) is 0.522. The van der Waals surface area contributed by atoms with Crippen LogP contribution in [0.3, 0.4) is 0 Å². The zero-order chi connectivity index (χ0) is 20.4. The lowest BCUT2D eigenvalue weighted by molar-refractivity contribution is -0.115. The van der Waals surface area contributed by atoms with E-state index in [1.54, 1.807) is 31.2 Å². The summed E-state index contributed by atoms with van der Waals surface area (Å²) in [7, 11) is -3.79. The van der Waals surface area contributed by atoms with Crippen LogP contribution in [-0.2, 0) is 14.8 Å². The van der Waals surface area contributed by atoms with Gasteiger partial charge in [-0.15, -0.1) is 0 Å². The molecule has 27 heavy (non-hydrogen) atoms. The number of nitrogens with zero attached hydrogens (tertiary/aromatic N) is 2. The number of urea groups is 1. The summed E-state index contributed by atoms with van der Waals surface area (Å²) >= 11 is 0. The van der Waals surface area contributed by atoms with Gasteiger partial charge in [0.1, 0.15) is 11.6 Å². The summed E-state index contributed by atoms with van der Waals surface area (Å²) < 4.78 is 24.6. The van der Waals surface area contributed by atoms with Crippen LogP contribution >= 0.6 is 0 Å². The lowest BCUT2D eigenvalue weighted by Gasteiger charge is -2.10. The number of primary sulfonamides is 1. The Morgan fingerprint density at radius 2 is 1.81 bits per heavy atom. The summed E-state index contributed by atoms with van der Waals surface area (Å²) in [5.41, 5.74) is 7.37. The molecule has 0 saturated carbocycles. The molecule has 1 aromatic carbocycles. The third-order valence-electron chi connectivity index (χ3n) is 3.80. The number of amides is 3. The highest BCUT2D eigenvalue weighted by molar-refractivity contribution is 7.89. The van der Waals surface area contributed by atoms with E-state index < -0.39 is 22.0 Å². The van der Waals surface area contributed by atoms with Gasteiger partial charge < -0.3 is 10.3 Å². The SMILES string of the molecule is Cc1cc(/C=C(/C#N)C(=O)NC(N)=O)c(C)n1-c1ccc(S(N)(=O)=O)cc1.